The molecule has 0 bridgehead atoms. The molecular weight excluding hydrogens is 795 g/mol. The van der Waals surface area contributed by atoms with Crippen molar-refractivity contribution in [3.63, 3.8) is 0 Å². The molecule has 3 aromatic heterocycles. The molecule has 306 valence electrons. The molecule has 5 nitrogen and oxygen atoms in total. The molecule has 64 heavy (non-hydrogen) atoms. The lowest BCUT2D eigenvalue weighted by molar-refractivity contribution is 0.629. The maximum Gasteiger partial charge on any atom is 0.179 e. The SMILES string of the molecule is Cn1c(-c2cccc([Si](c3ccccc3)(c3ccccc3)c3cccc(N4c5ncccc5C(C)(C)c5ccc6c(c54)c4ccccc4n6-c4ccccc4)c3)c2)nc2ccccc21. The molecule has 0 amide bonds. The van der Waals surface area contributed by atoms with Gasteiger partial charge in [-0.15, -0.1) is 0 Å². The molecule has 0 aliphatic carbocycles. The predicted octanol–water partition coefficient (Wildman–Crippen LogP) is 11.2. The average molecular weight is 840 g/mol. The summed E-state index contributed by atoms with van der Waals surface area (Å²) in [5, 5.41) is 7.63. The van der Waals surface area contributed by atoms with Crippen molar-refractivity contribution in [2.24, 2.45) is 7.05 Å². The fraction of sp³-hybridized carbons (Fsp3) is 0.0690. The van der Waals surface area contributed by atoms with Gasteiger partial charge >= 0.3 is 0 Å². The number of aryl methyl sites for hydroxylation is 1. The fourth-order valence-corrected chi connectivity index (χ4v) is 15.6. The molecule has 0 saturated heterocycles. The van der Waals surface area contributed by atoms with E-state index in [0.29, 0.717) is 0 Å². The number of rotatable bonds is 7. The van der Waals surface area contributed by atoms with E-state index in [-0.39, 0.29) is 5.41 Å². The zero-order valence-electron chi connectivity index (χ0n) is 36.0. The Morgan fingerprint density at radius 2 is 1.09 bits per heavy atom. The van der Waals surface area contributed by atoms with Gasteiger partial charge in [0.15, 0.2) is 8.07 Å². The van der Waals surface area contributed by atoms with Crippen molar-refractivity contribution in [3.05, 3.63) is 230 Å². The van der Waals surface area contributed by atoms with Gasteiger partial charge in [0.1, 0.15) is 11.6 Å². The Bertz CT molecular complexity index is 3510. The Hall–Kier alpha value is -7.80. The van der Waals surface area contributed by atoms with Gasteiger partial charge in [0.25, 0.3) is 0 Å². The van der Waals surface area contributed by atoms with Crippen molar-refractivity contribution in [1.82, 2.24) is 19.1 Å². The first-order valence-electron chi connectivity index (χ1n) is 22.1. The number of nitrogens with zero attached hydrogens (tertiary/aromatic N) is 5. The van der Waals surface area contributed by atoms with Gasteiger partial charge in [-0.3, -0.25) is 4.90 Å². The molecule has 0 spiro atoms. The highest BCUT2D eigenvalue weighted by Gasteiger charge is 2.44. The van der Waals surface area contributed by atoms with Crippen LogP contribution in [0.4, 0.5) is 17.2 Å². The van der Waals surface area contributed by atoms with Crippen molar-refractivity contribution in [3.8, 4) is 17.1 Å². The van der Waals surface area contributed by atoms with Gasteiger partial charge in [0.2, 0.25) is 0 Å². The number of imidazole rings is 1. The van der Waals surface area contributed by atoms with E-state index < -0.39 is 8.07 Å². The van der Waals surface area contributed by atoms with Crippen LogP contribution in [0, 0.1) is 0 Å². The molecule has 6 heteroatoms. The first-order valence-corrected chi connectivity index (χ1v) is 24.1. The second kappa shape index (κ2) is 14.7. The summed E-state index contributed by atoms with van der Waals surface area (Å²) in [7, 11) is -0.930. The number of hydrogen-bond acceptors (Lipinski definition) is 3. The molecule has 12 rings (SSSR count). The Kier molecular flexibility index (Phi) is 8.68. The molecule has 0 fully saturated rings. The van der Waals surface area contributed by atoms with Gasteiger partial charge in [-0.1, -0.05) is 172 Å². The van der Waals surface area contributed by atoms with Crippen LogP contribution >= 0.6 is 0 Å². The van der Waals surface area contributed by atoms with Crippen molar-refractivity contribution in [1.29, 1.82) is 0 Å². The second-order valence-electron chi connectivity index (χ2n) is 17.5. The summed E-state index contributed by atoms with van der Waals surface area (Å²) in [6.07, 6.45) is 1.95. The summed E-state index contributed by atoms with van der Waals surface area (Å²) in [5.74, 6) is 1.91. The van der Waals surface area contributed by atoms with Gasteiger partial charge in [0.05, 0.1) is 27.8 Å². The summed E-state index contributed by atoms with van der Waals surface area (Å²) in [4.78, 5) is 12.9. The third-order valence-electron chi connectivity index (χ3n) is 13.7. The topological polar surface area (TPSA) is 38.9 Å². The van der Waals surface area contributed by atoms with Crippen LogP contribution in [0.15, 0.2) is 219 Å². The summed E-state index contributed by atoms with van der Waals surface area (Å²) in [6, 6.07) is 78.0. The molecule has 1 aliphatic rings. The van der Waals surface area contributed by atoms with Crippen molar-refractivity contribution in [2.75, 3.05) is 4.90 Å². The highest BCUT2D eigenvalue weighted by Crippen LogP contribution is 2.55. The van der Waals surface area contributed by atoms with Crippen LogP contribution in [0.3, 0.4) is 0 Å². The molecule has 0 saturated carbocycles. The quantitative estimate of drug-likeness (QED) is 0.119. The number of benzene rings is 8. The van der Waals surface area contributed by atoms with E-state index >= 15 is 0 Å². The van der Waals surface area contributed by atoms with Crippen LogP contribution < -0.4 is 25.6 Å². The molecule has 0 radical (unpaired) electrons. The van der Waals surface area contributed by atoms with Crippen LogP contribution in [0.1, 0.15) is 25.0 Å². The summed E-state index contributed by atoms with van der Waals surface area (Å²) in [5.41, 5.74) is 11.1. The van der Waals surface area contributed by atoms with Gasteiger partial charge in [-0.05, 0) is 80.9 Å². The lowest BCUT2D eigenvalue weighted by Gasteiger charge is -2.42. The minimum Gasteiger partial charge on any atom is -0.327 e. The van der Waals surface area contributed by atoms with Crippen LogP contribution in [-0.2, 0) is 12.5 Å². The first-order chi connectivity index (χ1) is 31.4. The normalized spacial score (nSPS) is 13.3. The van der Waals surface area contributed by atoms with Crippen LogP contribution in [0.5, 0.6) is 0 Å². The van der Waals surface area contributed by atoms with Crippen LogP contribution in [0.2, 0.25) is 0 Å². The summed E-state index contributed by atoms with van der Waals surface area (Å²) in [6.45, 7) is 4.70. The highest BCUT2D eigenvalue weighted by molar-refractivity contribution is 7.20. The molecule has 0 N–H and O–H groups in total. The van der Waals surface area contributed by atoms with Gasteiger partial charge in [-0.25, -0.2) is 9.97 Å². The lowest BCUT2D eigenvalue weighted by atomic mass is 9.74. The Morgan fingerprint density at radius 3 is 1.83 bits per heavy atom. The molecule has 11 aromatic rings. The van der Waals surface area contributed by atoms with Crippen LogP contribution in [0.25, 0.3) is 49.9 Å². The second-order valence-corrected chi connectivity index (χ2v) is 21.3. The number of aromatic nitrogens is 4. The van der Waals surface area contributed by atoms with E-state index in [9.17, 15) is 0 Å². The predicted molar refractivity (Wildman–Crippen MR) is 269 cm³/mol. The van der Waals surface area contributed by atoms with Gasteiger partial charge < -0.3 is 9.13 Å². The Morgan fingerprint density at radius 1 is 0.484 bits per heavy atom. The molecule has 1 aliphatic heterocycles. The number of fused-ring (bicyclic) bond motifs is 7. The summed E-state index contributed by atoms with van der Waals surface area (Å²) < 4.78 is 4.64. The van der Waals surface area contributed by atoms with Crippen molar-refractivity contribution < 1.29 is 0 Å². The van der Waals surface area contributed by atoms with Crippen LogP contribution in [-0.4, -0.2) is 27.2 Å². The largest absolute Gasteiger partial charge is 0.327 e. The molecule has 0 atom stereocenters. The lowest BCUT2D eigenvalue weighted by Crippen LogP contribution is -2.74. The van der Waals surface area contributed by atoms with E-state index in [4.69, 9.17) is 9.97 Å². The van der Waals surface area contributed by atoms with E-state index in [1.54, 1.807) is 0 Å². The molecular formula is C58H45N5Si. The fourth-order valence-electron chi connectivity index (χ4n) is 10.7. The highest BCUT2D eigenvalue weighted by atomic mass is 28.3. The van der Waals surface area contributed by atoms with Gasteiger partial charge in [0, 0.05) is 51.9 Å². The van der Waals surface area contributed by atoms with Crippen molar-refractivity contribution in [2.45, 2.75) is 19.3 Å². The minimum atomic E-state index is -3.05. The monoisotopic (exact) mass is 839 g/mol. The third-order valence-corrected chi connectivity index (χ3v) is 18.4. The Labute approximate surface area is 374 Å². The number of anilines is 3. The van der Waals surface area contributed by atoms with E-state index in [0.717, 1.165) is 39.6 Å². The average Bonchev–Trinajstić information content (AvgIpc) is 3.88. The van der Waals surface area contributed by atoms with Crippen molar-refractivity contribution >= 4 is 78.9 Å². The summed E-state index contributed by atoms with van der Waals surface area (Å²) >= 11 is 0. The number of para-hydroxylation sites is 4. The maximum absolute atomic E-state index is 5.28. The van der Waals surface area contributed by atoms with E-state index in [2.05, 4.69) is 247 Å². The minimum absolute atomic E-state index is 0.319. The Balaban J connectivity index is 1.16. The first kappa shape index (κ1) is 37.9. The zero-order valence-corrected chi connectivity index (χ0v) is 37.0. The molecule has 0 unspecified atom stereocenters. The zero-order chi connectivity index (χ0) is 43.0. The molecule has 8 aromatic carbocycles. The standard InChI is InChI=1S/C58H45N5Si/c1-58(2)48-35-36-53-54(47-30-13-15-33-51(47)62(53)41-21-7-4-8-22-41)55(48)63(57-49(58)31-19-37-59-57)42-23-18-29-46(39-42)64(43-24-9-5-10-25-43,44-26-11-6-12-27-44)45-28-17-20-40(38-45)56-60-50-32-14-16-34-52(50)61(56)3/h4-39H,1-3H3. The number of hydrogen-bond donors (Lipinski definition) is 0. The van der Waals surface area contributed by atoms with E-state index in [1.807, 2.05) is 6.20 Å². The van der Waals surface area contributed by atoms with Gasteiger partial charge in [-0.2, -0.15) is 0 Å². The number of pyridine rings is 1. The van der Waals surface area contributed by atoms with E-state index in [1.165, 1.54) is 59.4 Å². The molecule has 4 heterocycles. The smallest absolute Gasteiger partial charge is 0.179 e. The maximum atomic E-state index is 5.28. The third kappa shape index (κ3) is 5.55.